The lowest BCUT2D eigenvalue weighted by Crippen LogP contribution is -2.03. The van der Waals surface area contributed by atoms with Crippen molar-refractivity contribution in [2.24, 2.45) is 0 Å². The van der Waals surface area contributed by atoms with Crippen LogP contribution in [0.3, 0.4) is 0 Å². The summed E-state index contributed by atoms with van der Waals surface area (Å²) in [5.41, 5.74) is 0.179. The first-order valence-electron chi connectivity index (χ1n) is 4.28. The zero-order valence-corrected chi connectivity index (χ0v) is 8.29. The molecule has 0 radical (unpaired) electrons. The largest absolute Gasteiger partial charge is 0.508 e. The fourth-order valence-electron chi connectivity index (χ4n) is 0.604. The molecule has 4 N–H and O–H groups in total. The van der Waals surface area contributed by atoms with Crippen LogP contribution < -0.4 is 0 Å². The van der Waals surface area contributed by atoms with Crippen LogP contribution in [0, 0.1) is 0 Å². The summed E-state index contributed by atoms with van der Waals surface area (Å²) in [6.45, 7) is 1.39. The first-order valence-corrected chi connectivity index (χ1v) is 4.28. The minimum absolute atomic E-state index is 0.0741. The number of aliphatic hydroxyl groups excluding tert-OH is 2. The molecule has 0 amide bonds. The third kappa shape index (κ3) is 6.48. The lowest BCUT2D eigenvalue weighted by atomic mass is 10.2. The number of rotatable bonds is 2. The highest BCUT2D eigenvalue weighted by Crippen LogP contribution is 2.08. The van der Waals surface area contributed by atoms with Gasteiger partial charge in [0.05, 0.1) is 18.3 Å². The molecule has 0 saturated heterocycles. The van der Waals surface area contributed by atoms with E-state index in [0.29, 0.717) is 0 Å². The number of aromatic hydroxyl groups is 1. The van der Waals surface area contributed by atoms with Crippen LogP contribution in [-0.2, 0) is 0 Å². The molecule has 0 bridgehead atoms. The van der Waals surface area contributed by atoms with Gasteiger partial charge in [-0.1, -0.05) is 0 Å². The first kappa shape index (κ1) is 13.4. The SMILES string of the molecule is CC(O)CO.O=C(O)c1ccc(O)cc1. The van der Waals surface area contributed by atoms with Crippen LogP contribution in [0.2, 0.25) is 0 Å². The van der Waals surface area contributed by atoms with E-state index in [-0.39, 0.29) is 17.9 Å². The molecule has 1 atom stereocenters. The van der Waals surface area contributed by atoms with Gasteiger partial charge in [-0.15, -0.1) is 0 Å². The minimum Gasteiger partial charge on any atom is -0.508 e. The number of aliphatic hydroxyl groups is 2. The number of hydrogen-bond donors (Lipinski definition) is 4. The summed E-state index contributed by atoms with van der Waals surface area (Å²) in [4.78, 5) is 10.2. The minimum atomic E-state index is -0.986. The number of phenols is 1. The summed E-state index contributed by atoms with van der Waals surface area (Å²) < 4.78 is 0. The Morgan fingerprint density at radius 1 is 1.33 bits per heavy atom. The van der Waals surface area contributed by atoms with Crippen LogP contribution in [0.15, 0.2) is 24.3 Å². The van der Waals surface area contributed by atoms with Gasteiger partial charge in [0.2, 0.25) is 0 Å². The Hall–Kier alpha value is -1.59. The molecular weight excluding hydrogens is 200 g/mol. The van der Waals surface area contributed by atoms with Crippen molar-refractivity contribution < 1.29 is 25.2 Å². The first-order chi connectivity index (χ1) is 6.97. The van der Waals surface area contributed by atoms with Crippen molar-refractivity contribution in [1.82, 2.24) is 0 Å². The molecule has 0 aliphatic carbocycles. The Morgan fingerprint density at radius 3 is 2.00 bits per heavy atom. The van der Waals surface area contributed by atoms with Crippen molar-refractivity contribution in [2.45, 2.75) is 13.0 Å². The number of benzene rings is 1. The number of carbonyl (C=O) groups is 1. The Balaban J connectivity index is 0.000000336. The van der Waals surface area contributed by atoms with Gasteiger partial charge >= 0.3 is 5.97 Å². The van der Waals surface area contributed by atoms with Crippen molar-refractivity contribution in [3.8, 4) is 5.75 Å². The standard InChI is InChI=1S/C7H6O3.C3H8O2/c8-6-3-1-5(2-4-6)7(9)10;1-3(5)2-4/h1-4,8H,(H,9,10);3-5H,2H2,1H3. The van der Waals surface area contributed by atoms with Crippen LogP contribution in [0.25, 0.3) is 0 Å². The maximum Gasteiger partial charge on any atom is 0.335 e. The van der Waals surface area contributed by atoms with Crippen molar-refractivity contribution in [2.75, 3.05) is 6.61 Å². The number of aromatic carboxylic acids is 1. The van der Waals surface area contributed by atoms with Crippen LogP contribution >= 0.6 is 0 Å². The lowest BCUT2D eigenvalue weighted by molar-refractivity contribution is 0.0697. The fourth-order valence-corrected chi connectivity index (χ4v) is 0.604. The van der Waals surface area contributed by atoms with Crippen LogP contribution in [0.4, 0.5) is 0 Å². The molecule has 1 aromatic carbocycles. The molecule has 5 heteroatoms. The van der Waals surface area contributed by atoms with Gasteiger partial charge in [0, 0.05) is 0 Å². The van der Waals surface area contributed by atoms with E-state index in [2.05, 4.69) is 0 Å². The average molecular weight is 214 g/mol. The fraction of sp³-hybridized carbons (Fsp3) is 0.300. The van der Waals surface area contributed by atoms with Crippen LogP contribution in [0.1, 0.15) is 17.3 Å². The summed E-state index contributed by atoms with van der Waals surface area (Å²) in [5, 5.41) is 33.1. The topological polar surface area (TPSA) is 98.0 Å². The van der Waals surface area contributed by atoms with E-state index in [1.54, 1.807) is 0 Å². The second-order valence-corrected chi connectivity index (χ2v) is 2.88. The van der Waals surface area contributed by atoms with Gasteiger partial charge in [-0.25, -0.2) is 4.79 Å². The van der Waals surface area contributed by atoms with Gasteiger partial charge in [-0.05, 0) is 31.2 Å². The molecule has 0 aromatic heterocycles. The monoisotopic (exact) mass is 214 g/mol. The zero-order chi connectivity index (χ0) is 11.8. The second kappa shape index (κ2) is 6.80. The second-order valence-electron chi connectivity index (χ2n) is 2.88. The smallest absolute Gasteiger partial charge is 0.335 e. The van der Waals surface area contributed by atoms with Crippen molar-refractivity contribution in [3.05, 3.63) is 29.8 Å². The van der Waals surface area contributed by atoms with E-state index in [4.69, 9.17) is 20.4 Å². The summed E-state index contributed by atoms with van der Waals surface area (Å²) in [6.07, 6.45) is -0.560. The highest BCUT2D eigenvalue weighted by molar-refractivity contribution is 5.87. The molecule has 0 saturated carbocycles. The highest BCUT2D eigenvalue weighted by Gasteiger charge is 1.99. The number of hydrogen-bond acceptors (Lipinski definition) is 4. The van der Waals surface area contributed by atoms with E-state index in [0.717, 1.165) is 0 Å². The Morgan fingerprint density at radius 2 is 1.73 bits per heavy atom. The van der Waals surface area contributed by atoms with E-state index >= 15 is 0 Å². The summed E-state index contributed by atoms with van der Waals surface area (Å²) in [5.74, 6) is -0.912. The van der Waals surface area contributed by atoms with Gasteiger partial charge < -0.3 is 20.4 Å². The summed E-state index contributed by atoms with van der Waals surface area (Å²) in [6, 6.07) is 5.36. The lowest BCUT2D eigenvalue weighted by Gasteiger charge is -1.92. The highest BCUT2D eigenvalue weighted by atomic mass is 16.4. The Labute approximate surface area is 87.2 Å². The van der Waals surface area contributed by atoms with Crippen LogP contribution in [-0.4, -0.2) is 39.1 Å². The third-order valence-corrected chi connectivity index (χ3v) is 1.38. The van der Waals surface area contributed by atoms with Gasteiger partial charge in [0.1, 0.15) is 5.75 Å². The average Bonchev–Trinajstić information content (AvgIpc) is 2.19. The Bertz CT molecular complexity index is 291. The van der Waals surface area contributed by atoms with E-state index < -0.39 is 12.1 Å². The van der Waals surface area contributed by atoms with Crippen molar-refractivity contribution >= 4 is 5.97 Å². The molecule has 84 valence electrons. The molecule has 0 heterocycles. The Kier molecular flexibility index (Phi) is 6.08. The van der Waals surface area contributed by atoms with E-state index in [1.807, 2.05) is 0 Å². The number of carboxylic acid groups (broad SMARTS) is 1. The van der Waals surface area contributed by atoms with E-state index in [1.165, 1.54) is 31.2 Å². The molecule has 1 aromatic rings. The predicted octanol–water partition coefficient (Wildman–Crippen LogP) is 0.450. The molecular formula is C10H14O5. The van der Waals surface area contributed by atoms with Gasteiger partial charge in [-0.3, -0.25) is 0 Å². The third-order valence-electron chi connectivity index (χ3n) is 1.38. The maximum atomic E-state index is 10.2. The van der Waals surface area contributed by atoms with Crippen molar-refractivity contribution in [1.29, 1.82) is 0 Å². The summed E-state index contributed by atoms with van der Waals surface area (Å²) in [7, 11) is 0. The molecule has 0 spiro atoms. The molecule has 1 unspecified atom stereocenters. The van der Waals surface area contributed by atoms with Crippen molar-refractivity contribution in [3.63, 3.8) is 0 Å². The predicted molar refractivity (Wildman–Crippen MR) is 53.8 cm³/mol. The molecule has 0 aliphatic rings. The molecule has 0 fully saturated rings. The number of carboxylic acids is 1. The van der Waals surface area contributed by atoms with Crippen LogP contribution in [0.5, 0.6) is 5.75 Å². The van der Waals surface area contributed by atoms with Gasteiger partial charge in [0.15, 0.2) is 0 Å². The quantitative estimate of drug-likeness (QED) is 0.573. The maximum absolute atomic E-state index is 10.2. The van der Waals surface area contributed by atoms with E-state index in [9.17, 15) is 4.79 Å². The normalized spacial score (nSPS) is 11.1. The molecule has 1 rings (SSSR count). The molecule has 5 nitrogen and oxygen atoms in total. The number of phenolic OH excluding ortho intramolecular Hbond substituents is 1. The zero-order valence-electron chi connectivity index (χ0n) is 8.29. The van der Waals surface area contributed by atoms with Gasteiger partial charge in [-0.2, -0.15) is 0 Å². The summed E-state index contributed by atoms with van der Waals surface area (Å²) >= 11 is 0. The van der Waals surface area contributed by atoms with Gasteiger partial charge in [0.25, 0.3) is 0 Å². The molecule has 15 heavy (non-hydrogen) atoms. The molecule has 0 aliphatic heterocycles.